The molecule has 0 aliphatic carbocycles. The lowest BCUT2D eigenvalue weighted by molar-refractivity contribution is -0.140. The van der Waals surface area contributed by atoms with Crippen molar-refractivity contribution in [3.63, 3.8) is 0 Å². The molecule has 0 saturated carbocycles. The summed E-state index contributed by atoms with van der Waals surface area (Å²) in [5.74, 6) is -3.69. The van der Waals surface area contributed by atoms with Gasteiger partial charge in [-0.2, -0.15) is 13.8 Å². The largest absolute Gasteiger partial charge is 0.384 e. The van der Waals surface area contributed by atoms with Crippen LogP contribution in [0.4, 0.5) is 14.6 Å². The van der Waals surface area contributed by atoms with Crippen molar-refractivity contribution >= 4 is 5.82 Å². The van der Waals surface area contributed by atoms with E-state index in [-0.39, 0.29) is 12.4 Å². The summed E-state index contributed by atoms with van der Waals surface area (Å²) in [4.78, 5) is 17.4. The van der Waals surface area contributed by atoms with Crippen molar-refractivity contribution < 1.29 is 18.6 Å². The number of nitrogens with one attached hydrogen (secondary N) is 1. The lowest BCUT2D eigenvalue weighted by Gasteiger charge is -2.32. The van der Waals surface area contributed by atoms with Gasteiger partial charge in [-0.15, -0.1) is 0 Å². The minimum atomic E-state index is -3.63. The zero-order valence-electron chi connectivity index (χ0n) is 14.8. The molecule has 0 aromatic carbocycles. The molecular weight excluding hydrogens is 362 g/mol. The van der Waals surface area contributed by atoms with Crippen molar-refractivity contribution in [2.45, 2.75) is 30.8 Å². The monoisotopic (exact) mass is 384 g/mol. The number of aromatic nitrogens is 2. The van der Waals surface area contributed by atoms with Gasteiger partial charge < -0.3 is 20.6 Å². The SMILES string of the molecule is CN1NCC2=C1CN(C[C@H]1O[C@@H](n3ccc(N)nc3=O)C(F)(F)[C@@H]1O)CC2. The Morgan fingerprint density at radius 2 is 2.30 bits per heavy atom. The first-order valence-corrected chi connectivity index (χ1v) is 8.74. The summed E-state index contributed by atoms with van der Waals surface area (Å²) >= 11 is 0. The van der Waals surface area contributed by atoms with E-state index in [4.69, 9.17) is 10.5 Å². The Morgan fingerprint density at radius 1 is 1.52 bits per heavy atom. The Labute approximate surface area is 154 Å². The van der Waals surface area contributed by atoms with Gasteiger partial charge in [-0.3, -0.25) is 9.47 Å². The number of hydrazine groups is 1. The van der Waals surface area contributed by atoms with Crippen LogP contribution in [0.15, 0.2) is 28.3 Å². The summed E-state index contributed by atoms with van der Waals surface area (Å²) in [6.45, 7) is 2.22. The summed E-state index contributed by atoms with van der Waals surface area (Å²) in [5, 5.41) is 12.1. The topological polar surface area (TPSA) is 109 Å². The number of nitrogens with two attached hydrogens (primary N) is 1. The quantitative estimate of drug-likeness (QED) is 0.617. The number of anilines is 1. The summed E-state index contributed by atoms with van der Waals surface area (Å²) in [6, 6.07) is 1.24. The summed E-state index contributed by atoms with van der Waals surface area (Å²) in [6.07, 6.45) is -3.14. The zero-order valence-corrected chi connectivity index (χ0v) is 14.8. The average molecular weight is 384 g/mol. The number of rotatable bonds is 3. The molecule has 3 aliphatic heterocycles. The maximum atomic E-state index is 14.6. The van der Waals surface area contributed by atoms with Crippen molar-refractivity contribution in [1.82, 2.24) is 24.9 Å². The van der Waals surface area contributed by atoms with Crippen LogP contribution in [0, 0.1) is 0 Å². The number of hydrogen-bond donors (Lipinski definition) is 3. The number of ether oxygens (including phenoxy) is 1. The molecule has 0 amide bonds. The average Bonchev–Trinajstić information content (AvgIpc) is 3.08. The molecule has 9 nitrogen and oxygen atoms in total. The number of nitrogen functional groups attached to an aromatic ring is 1. The van der Waals surface area contributed by atoms with Crippen LogP contribution in [0.2, 0.25) is 0 Å². The third-order valence-corrected chi connectivity index (χ3v) is 5.37. The van der Waals surface area contributed by atoms with Gasteiger partial charge in [0.2, 0.25) is 6.23 Å². The molecule has 4 N–H and O–H groups in total. The fourth-order valence-corrected chi connectivity index (χ4v) is 3.82. The van der Waals surface area contributed by atoms with Gasteiger partial charge in [0.25, 0.3) is 0 Å². The summed E-state index contributed by atoms with van der Waals surface area (Å²) in [5.41, 5.74) is 10.1. The van der Waals surface area contributed by atoms with Gasteiger partial charge in [0.15, 0.2) is 0 Å². The minimum absolute atomic E-state index is 0.0682. The van der Waals surface area contributed by atoms with Crippen LogP contribution in [0.1, 0.15) is 12.6 Å². The fraction of sp³-hybridized carbons (Fsp3) is 0.625. The Bertz CT molecular complexity index is 829. The highest BCUT2D eigenvalue weighted by atomic mass is 19.3. The normalized spacial score (nSPS) is 30.8. The number of hydrogen-bond acceptors (Lipinski definition) is 8. The maximum Gasteiger partial charge on any atom is 0.351 e. The number of aliphatic hydroxyl groups excluding tert-OH is 1. The molecule has 0 spiro atoms. The molecule has 1 aromatic heterocycles. The lowest BCUT2D eigenvalue weighted by Crippen LogP contribution is -2.45. The van der Waals surface area contributed by atoms with E-state index < -0.39 is 30.0 Å². The number of aliphatic hydroxyl groups is 1. The second-order valence-corrected chi connectivity index (χ2v) is 7.12. The summed E-state index contributed by atoms with van der Waals surface area (Å²) < 4.78 is 35.3. The third kappa shape index (κ3) is 3.10. The van der Waals surface area contributed by atoms with E-state index in [9.17, 15) is 18.7 Å². The predicted octanol–water partition coefficient (Wildman–Crippen LogP) is -0.871. The van der Waals surface area contributed by atoms with Gasteiger partial charge in [-0.1, -0.05) is 0 Å². The smallest absolute Gasteiger partial charge is 0.351 e. The molecule has 0 bridgehead atoms. The Kier molecular flexibility index (Phi) is 4.41. The maximum absolute atomic E-state index is 14.6. The van der Waals surface area contributed by atoms with Crippen LogP contribution >= 0.6 is 0 Å². The standard InChI is InChI=1S/C16H22F2N6O3/c1-22-10-7-23(4-2-9(10)6-20-22)8-11-13(25)16(17,18)14(27-11)24-5-3-12(19)21-15(24)26/h3,5,11,13-14,20,25H,2,4,6-8H2,1H3,(H2,19,21,26)/t11-,13-,14-/m1/s1. The lowest BCUT2D eigenvalue weighted by atomic mass is 10.0. The van der Waals surface area contributed by atoms with Gasteiger partial charge in [0.05, 0.1) is 0 Å². The number of likely N-dealkylation sites (N-methyl/N-ethyl adjacent to an activating group) is 1. The predicted molar refractivity (Wildman–Crippen MR) is 91.6 cm³/mol. The van der Waals surface area contributed by atoms with Crippen molar-refractivity contribution in [3.05, 3.63) is 34.0 Å². The Hall–Kier alpha value is -2.08. The van der Waals surface area contributed by atoms with Crippen LogP contribution in [0.25, 0.3) is 0 Å². The highest BCUT2D eigenvalue weighted by Gasteiger charge is 2.59. The molecular formula is C16H22F2N6O3. The van der Waals surface area contributed by atoms with Crippen LogP contribution < -0.4 is 16.8 Å². The third-order valence-electron chi connectivity index (χ3n) is 5.37. The van der Waals surface area contributed by atoms with E-state index in [0.717, 1.165) is 24.9 Å². The first-order valence-electron chi connectivity index (χ1n) is 8.74. The zero-order chi connectivity index (χ0) is 19.3. The second kappa shape index (κ2) is 6.51. The first-order chi connectivity index (χ1) is 12.8. The van der Waals surface area contributed by atoms with Gasteiger partial charge in [-0.05, 0) is 18.1 Å². The van der Waals surface area contributed by atoms with Crippen molar-refractivity contribution in [2.75, 3.05) is 39.0 Å². The van der Waals surface area contributed by atoms with Crippen LogP contribution in [-0.4, -0.2) is 75.9 Å². The number of alkyl halides is 2. The van der Waals surface area contributed by atoms with E-state index in [1.165, 1.54) is 11.6 Å². The molecule has 1 aromatic rings. The molecule has 3 atom stereocenters. The number of nitrogens with zero attached hydrogens (tertiary/aromatic N) is 4. The first kappa shape index (κ1) is 18.3. The van der Waals surface area contributed by atoms with E-state index >= 15 is 0 Å². The highest BCUT2D eigenvalue weighted by Crippen LogP contribution is 2.42. The molecule has 1 saturated heterocycles. The molecule has 4 rings (SSSR count). The van der Waals surface area contributed by atoms with Gasteiger partial charge in [0.1, 0.15) is 18.0 Å². The number of halogens is 2. The molecule has 1 fully saturated rings. The van der Waals surface area contributed by atoms with E-state index in [2.05, 4.69) is 10.4 Å². The highest BCUT2D eigenvalue weighted by molar-refractivity contribution is 5.24. The molecule has 27 heavy (non-hydrogen) atoms. The molecule has 0 radical (unpaired) electrons. The molecule has 0 unspecified atom stereocenters. The van der Waals surface area contributed by atoms with Crippen molar-refractivity contribution in [2.24, 2.45) is 0 Å². The Balaban J connectivity index is 1.51. The fourth-order valence-electron chi connectivity index (χ4n) is 3.82. The molecule has 11 heteroatoms. The Morgan fingerprint density at radius 3 is 3.04 bits per heavy atom. The van der Waals surface area contributed by atoms with Crippen LogP contribution in [0.5, 0.6) is 0 Å². The summed E-state index contributed by atoms with van der Waals surface area (Å²) in [7, 11) is 1.91. The van der Waals surface area contributed by atoms with Gasteiger partial charge in [0, 0.05) is 45.1 Å². The van der Waals surface area contributed by atoms with Gasteiger partial charge >= 0.3 is 11.6 Å². The van der Waals surface area contributed by atoms with Crippen LogP contribution in [0.3, 0.4) is 0 Å². The molecule has 3 aliphatic rings. The van der Waals surface area contributed by atoms with E-state index in [1.807, 2.05) is 17.0 Å². The molecule has 4 heterocycles. The van der Waals surface area contributed by atoms with Gasteiger partial charge in [-0.25, -0.2) is 10.2 Å². The van der Waals surface area contributed by atoms with Crippen LogP contribution in [-0.2, 0) is 4.74 Å². The minimum Gasteiger partial charge on any atom is -0.384 e. The van der Waals surface area contributed by atoms with Crippen molar-refractivity contribution in [1.29, 1.82) is 0 Å². The van der Waals surface area contributed by atoms with E-state index in [0.29, 0.717) is 17.7 Å². The van der Waals surface area contributed by atoms with E-state index in [1.54, 1.807) is 0 Å². The molecule has 148 valence electrons. The second-order valence-electron chi connectivity index (χ2n) is 7.12. The van der Waals surface area contributed by atoms with Crippen molar-refractivity contribution in [3.8, 4) is 0 Å².